The van der Waals surface area contributed by atoms with Crippen LogP contribution in [0.1, 0.15) is 55.8 Å². The third-order valence-corrected chi connectivity index (χ3v) is 6.36. The lowest BCUT2D eigenvalue weighted by atomic mass is 9.90. The maximum absolute atomic E-state index is 6.54. The fourth-order valence-electron chi connectivity index (χ4n) is 4.18. The van der Waals surface area contributed by atoms with Crippen LogP contribution in [0, 0.1) is 5.41 Å². The first-order chi connectivity index (χ1) is 16.6. The van der Waals surface area contributed by atoms with Gasteiger partial charge in [0.05, 0.1) is 18.3 Å². The smallest absolute Gasteiger partial charge is 0.131 e. The first kappa shape index (κ1) is 24.9. The molecule has 2 N–H and O–H groups in total. The minimum Gasteiger partial charge on any atom is -0.497 e. The second-order valence-corrected chi connectivity index (χ2v) is 11.0. The number of nitrogens with zero attached hydrogens (tertiary/aromatic N) is 3. The number of hydrogen-bond acceptors (Lipinski definition) is 5. The highest BCUT2D eigenvalue weighted by atomic mass is 79.9. The van der Waals surface area contributed by atoms with E-state index in [2.05, 4.69) is 83.9 Å². The third kappa shape index (κ3) is 6.06. The van der Waals surface area contributed by atoms with Crippen molar-refractivity contribution in [1.29, 1.82) is 0 Å². The summed E-state index contributed by atoms with van der Waals surface area (Å²) in [4.78, 5) is 13.7. The number of halogens is 1. The Morgan fingerprint density at radius 3 is 2.49 bits per heavy atom. The Labute approximate surface area is 215 Å². The topological polar surface area (TPSA) is 73.9 Å². The van der Waals surface area contributed by atoms with E-state index < -0.39 is 0 Å². The fraction of sp³-hybridized carbons (Fsp3) is 0.276. The number of anilines is 1. The summed E-state index contributed by atoms with van der Waals surface area (Å²) in [6, 6.07) is 16.3. The van der Waals surface area contributed by atoms with Crippen LogP contribution in [0.2, 0.25) is 0 Å². The zero-order valence-electron chi connectivity index (χ0n) is 20.9. The molecule has 35 heavy (non-hydrogen) atoms. The monoisotopic (exact) mass is 530 g/mol. The summed E-state index contributed by atoms with van der Waals surface area (Å²) in [6.07, 6.45) is 5.34. The Morgan fingerprint density at radius 2 is 1.80 bits per heavy atom. The predicted octanol–water partition coefficient (Wildman–Crippen LogP) is 7.12. The van der Waals surface area contributed by atoms with Gasteiger partial charge in [-0.3, -0.25) is 0 Å². The first-order valence-electron chi connectivity index (χ1n) is 11.6. The van der Waals surface area contributed by atoms with Gasteiger partial charge in [0.25, 0.3) is 0 Å². The maximum Gasteiger partial charge on any atom is 0.131 e. The van der Waals surface area contributed by atoms with Crippen LogP contribution in [0.5, 0.6) is 5.75 Å². The van der Waals surface area contributed by atoms with Crippen LogP contribution < -0.4 is 10.5 Å². The standard InChI is InChI=1S/C29H31BrN4O/c1-18(27-15-21(32-17-33-27)16-29(2,3)4)12-25-23(13-19-6-9-22(35-5)10-7-19)24-14-20(30)8-11-26(24)34-28(25)31/h6-12,14-15,17H,13,16H2,1-5H3,(H2,31,34). The number of benzene rings is 2. The molecule has 0 saturated carbocycles. The molecule has 0 aliphatic heterocycles. The Kier molecular flexibility index (Phi) is 7.22. The third-order valence-electron chi connectivity index (χ3n) is 5.87. The molecule has 2 heterocycles. The predicted molar refractivity (Wildman–Crippen MR) is 148 cm³/mol. The van der Waals surface area contributed by atoms with Gasteiger partial charge in [0, 0.05) is 21.1 Å². The van der Waals surface area contributed by atoms with Gasteiger partial charge in [0.1, 0.15) is 17.9 Å². The lowest BCUT2D eigenvalue weighted by Gasteiger charge is -2.17. The largest absolute Gasteiger partial charge is 0.497 e. The molecule has 0 aliphatic rings. The zero-order valence-corrected chi connectivity index (χ0v) is 22.5. The van der Waals surface area contributed by atoms with E-state index in [-0.39, 0.29) is 5.41 Å². The number of aromatic nitrogens is 3. The summed E-state index contributed by atoms with van der Waals surface area (Å²) >= 11 is 3.63. The molecule has 2 aromatic carbocycles. The van der Waals surface area contributed by atoms with Gasteiger partial charge in [-0.15, -0.1) is 0 Å². The van der Waals surface area contributed by atoms with Crippen LogP contribution in [0.3, 0.4) is 0 Å². The summed E-state index contributed by atoms with van der Waals surface area (Å²) in [5, 5.41) is 1.07. The summed E-state index contributed by atoms with van der Waals surface area (Å²) < 4.78 is 6.33. The second kappa shape index (κ2) is 10.2. The SMILES string of the molecule is COc1ccc(Cc2c(C=C(C)c3cc(CC(C)(C)C)ncn3)c(N)nc3ccc(Br)cc23)cc1. The molecular weight excluding hydrogens is 500 g/mol. The summed E-state index contributed by atoms with van der Waals surface area (Å²) in [6.45, 7) is 8.69. The van der Waals surface area contributed by atoms with Crippen molar-refractivity contribution in [3.8, 4) is 5.75 Å². The Morgan fingerprint density at radius 1 is 1.06 bits per heavy atom. The van der Waals surface area contributed by atoms with E-state index in [4.69, 9.17) is 15.5 Å². The van der Waals surface area contributed by atoms with Crippen molar-refractivity contribution >= 4 is 44.3 Å². The quantitative estimate of drug-likeness (QED) is 0.287. The molecule has 0 spiro atoms. The number of methoxy groups -OCH3 is 1. The van der Waals surface area contributed by atoms with Crippen molar-refractivity contribution < 1.29 is 4.74 Å². The van der Waals surface area contributed by atoms with E-state index in [9.17, 15) is 0 Å². The van der Waals surface area contributed by atoms with Crippen LogP contribution in [0.4, 0.5) is 5.82 Å². The van der Waals surface area contributed by atoms with E-state index >= 15 is 0 Å². The molecule has 0 amide bonds. The first-order valence-corrected chi connectivity index (χ1v) is 12.4. The molecule has 0 radical (unpaired) electrons. The Bertz CT molecular complexity index is 1390. The molecular formula is C29H31BrN4O. The van der Waals surface area contributed by atoms with Gasteiger partial charge in [-0.2, -0.15) is 0 Å². The number of nitrogens with two attached hydrogens (primary N) is 1. The fourth-order valence-corrected chi connectivity index (χ4v) is 4.54. The Balaban J connectivity index is 1.83. The molecule has 4 aromatic rings. The molecule has 0 saturated heterocycles. The molecule has 6 heteroatoms. The van der Waals surface area contributed by atoms with Crippen LogP contribution in [-0.2, 0) is 12.8 Å². The van der Waals surface area contributed by atoms with Gasteiger partial charge in [0.15, 0.2) is 0 Å². The molecule has 180 valence electrons. The molecule has 0 atom stereocenters. The number of ether oxygens (including phenoxy) is 1. The minimum absolute atomic E-state index is 0.148. The van der Waals surface area contributed by atoms with E-state index in [1.807, 2.05) is 24.3 Å². The van der Waals surface area contributed by atoms with Crippen molar-refractivity contribution in [2.75, 3.05) is 12.8 Å². The number of rotatable bonds is 6. The number of hydrogen-bond donors (Lipinski definition) is 1. The maximum atomic E-state index is 6.54. The van der Waals surface area contributed by atoms with Crippen LogP contribution in [-0.4, -0.2) is 22.1 Å². The van der Waals surface area contributed by atoms with E-state index in [1.165, 1.54) is 5.56 Å². The number of pyridine rings is 1. The molecule has 5 nitrogen and oxygen atoms in total. The highest BCUT2D eigenvalue weighted by Gasteiger charge is 2.16. The van der Waals surface area contributed by atoms with Gasteiger partial charge in [-0.25, -0.2) is 15.0 Å². The lowest BCUT2D eigenvalue weighted by molar-refractivity contribution is 0.406. The summed E-state index contributed by atoms with van der Waals surface area (Å²) in [7, 11) is 1.68. The molecule has 0 aliphatic carbocycles. The molecule has 0 bridgehead atoms. The highest BCUT2D eigenvalue weighted by Crippen LogP contribution is 2.33. The van der Waals surface area contributed by atoms with E-state index in [0.29, 0.717) is 12.2 Å². The van der Waals surface area contributed by atoms with Gasteiger partial charge in [-0.1, -0.05) is 48.8 Å². The molecule has 0 unspecified atom stereocenters. The van der Waals surface area contributed by atoms with Gasteiger partial charge in [-0.05, 0) is 84.4 Å². The van der Waals surface area contributed by atoms with E-state index in [0.717, 1.165) is 55.6 Å². The van der Waals surface area contributed by atoms with Gasteiger partial charge in [0.2, 0.25) is 0 Å². The molecule has 0 fully saturated rings. The molecule has 2 aromatic heterocycles. The van der Waals surface area contributed by atoms with Crippen molar-refractivity contribution in [2.45, 2.75) is 40.5 Å². The van der Waals surface area contributed by atoms with Crippen molar-refractivity contribution in [1.82, 2.24) is 15.0 Å². The Hall–Kier alpha value is -3.25. The van der Waals surface area contributed by atoms with Crippen molar-refractivity contribution in [3.63, 3.8) is 0 Å². The highest BCUT2D eigenvalue weighted by molar-refractivity contribution is 9.10. The molecule has 4 rings (SSSR count). The average molecular weight is 531 g/mol. The van der Waals surface area contributed by atoms with Gasteiger partial charge < -0.3 is 10.5 Å². The van der Waals surface area contributed by atoms with Crippen LogP contribution >= 0.6 is 15.9 Å². The zero-order chi connectivity index (χ0) is 25.2. The van der Waals surface area contributed by atoms with Crippen molar-refractivity contribution in [2.24, 2.45) is 5.41 Å². The number of allylic oxidation sites excluding steroid dienone is 1. The van der Waals surface area contributed by atoms with Crippen molar-refractivity contribution in [3.05, 3.63) is 87.4 Å². The normalized spacial score (nSPS) is 12.2. The summed E-state index contributed by atoms with van der Waals surface area (Å²) in [5.74, 6) is 1.34. The average Bonchev–Trinajstić information content (AvgIpc) is 2.81. The van der Waals surface area contributed by atoms with Crippen LogP contribution in [0.25, 0.3) is 22.6 Å². The summed E-state index contributed by atoms with van der Waals surface area (Å²) in [5.41, 5.74) is 13.7. The van der Waals surface area contributed by atoms with Gasteiger partial charge >= 0.3 is 0 Å². The number of fused-ring (bicyclic) bond motifs is 1. The number of nitrogen functional groups attached to an aromatic ring is 1. The lowest BCUT2D eigenvalue weighted by Crippen LogP contribution is -2.11. The minimum atomic E-state index is 0.148. The van der Waals surface area contributed by atoms with E-state index in [1.54, 1.807) is 13.4 Å². The second-order valence-electron chi connectivity index (χ2n) is 10.0. The van der Waals surface area contributed by atoms with Crippen LogP contribution in [0.15, 0.2) is 59.3 Å².